The molecule has 3 heterocycles. The number of nitrogens with zero attached hydrogens (tertiary/aromatic N) is 3. The number of rotatable bonds is 5. The number of aliphatic hydroxyl groups is 1. The van der Waals surface area contributed by atoms with Gasteiger partial charge < -0.3 is 19.4 Å². The van der Waals surface area contributed by atoms with E-state index in [9.17, 15) is 27.5 Å². The lowest BCUT2D eigenvalue weighted by Crippen LogP contribution is -2.17. The number of aliphatic hydroxyl groups excluding tert-OH is 1. The number of alkyl halides is 3. The Morgan fingerprint density at radius 1 is 1.06 bits per heavy atom. The zero-order valence-electron chi connectivity index (χ0n) is 18.1. The van der Waals surface area contributed by atoms with Crippen LogP contribution in [0.5, 0.6) is 0 Å². The maximum absolute atomic E-state index is 13.8. The Balaban J connectivity index is 1.55. The third-order valence-electron chi connectivity index (χ3n) is 5.62. The van der Waals surface area contributed by atoms with Gasteiger partial charge in [0.05, 0.1) is 17.9 Å². The topological polar surface area (TPSA) is 71.6 Å². The number of imidazole rings is 1. The number of pyridine rings is 1. The third kappa shape index (κ3) is 4.47. The molecule has 6 nitrogen and oxygen atoms in total. The summed E-state index contributed by atoms with van der Waals surface area (Å²) in [7, 11) is 0. The molecule has 0 unspecified atom stereocenters. The van der Waals surface area contributed by atoms with Crippen molar-refractivity contribution in [2.45, 2.75) is 19.3 Å². The molecule has 178 valence electrons. The predicted octanol–water partition coefficient (Wildman–Crippen LogP) is 5.24. The van der Waals surface area contributed by atoms with Crippen LogP contribution in [0.1, 0.15) is 27.3 Å². The van der Waals surface area contributed by atoms with Gasteiger partial charge in [0.25, 0.3) is 5.91 Å². The standard InChI is InChI=1S/C25H18F4N4O2/c26-18-3-1-2-15(8-18)12-33-21-5-4-17(25(27,28)29)9-16(21)10-22(33)24(35)31-19-6-7-32-13-20(14-34)30-23(32)11-19/h1-11,13,34H,12,14H2,(H,31,35). The number of fused-ring (bicyclic) bond motifs is 2. The normalized spacial score (nSPS) is 11.9. The molecular formula is C25H18F4N4O2. The highest BCUT2D eigenvalue weighted by atomic mass is 19.4. The average Bonchev–Trinajstić information content (AvgIpc) is 3.39. The summed E-state index contributed by atoms with van der Waals surface area (Å²) in [5.41, 5.74) is 1.62. The number of anilines is 1. The van der Waals surface area contributed by atoms with E-state index in [1.807, 2.05) is 0 Å². The van der Waals surface area contributed by atoms with Gasteiger partial charge in [0.2, 0.25) is 0 Å². The first-order valence-electron chi connectivity index (χ1n) is 10.6. The molecule has 0 saturated carbocycles. The monoisotopic (exact) mass is 482 g/mol. The molecule has 0 radical (unpaired) electrons. The van der Waals surface area contributed by atoms with Crippen molar-refractivity contribution in [3.63, 3.8) is 0 Å². The fourth-order valence-corrected chi connectivity index (χ4v) is 4.01. The molecular weight excluding hydrogens is 464 g/mol. The maximum atomic E-state index is 13.8. The molecule has 35 heavy (non-hydrogen) atoms. The molecule has 10 heteroatoms. The van der Waals surface area contributed by atoms with Gasteiger partial charge in [-0.2, -0.15) is 13.2 Å². The van der Waals surface area contributed by atoms with E-state index in [0.717, 1.165) is 12.1 Å². The fourth-order valence-electron chi connectivity index (χ4n) is 4.01. The Labute approximate surface area is 196 Å². The van der Waals surface area contributed by atoms with Crippen LogP contribution in [0.25, 0.3) is 16.6 Å². The first-order valence-corrected chi connectivity index (χ1v) is 10.6. The average molecular weight is 482 g/mol. The van der Waals surface area contributed by atoms with E-state index < -0.39 is 23.5 Å². The molecule has 0 aliphatic rings. The second-order valence-corrected chi connectivity index (χ2v) is 8.04. The number of carbonyl (C=O) groups excluding carboxylic acids is 1. The molecule has 1 amide bonds. The van der Waals surface area contributed by atoms with Gasteiger partial charge in [-0.15, -0.1) is 0 Å². The second kappa shape index (κ2) is 8.55. The highest BCUT2D eigenvalue weighted by molar-refractivity contribution is 6.06. The smallest absolute Gasteiger partial charge is 0.390 e. The molecule has 5 aromatic rings. The summed E-state index contributed by atoms with van der Waals surface area (Å²) in [5, 5.41) is 12.3. The van der Waals surface area contributed by atoms with Crippen molar-refractivity contribution in [3.05, 3.63) is 101 Å². The molecule has 2 N–H and O–H groups in total. The summed E-state index contributed by atoms with van der Waals surface area (Å²) in [5.74, 6) is -1.01. The van der Waals surface area contributed by atoms with Crippen molar-refractivity contribution in [3.8, 4) is 0 Å². The number of benzene rings is 2. The molecule has 0 bridgehead atoms. The van der Waals surface area contributed by atoms with Gasteiger partial charge in [0.15, 0.2) is 0 Å². The van der Waals surface area contributed by atoms with E-state index in [1.54, 1.807) is 39.6 Å². The van der Waals surface area contributed by atoms with Crippen molar-refractivity contribution < 1.29 is 27.5 Å². The van der Waals surface area contributed by atoms with Crippen LogP contribution in [0.2, 0.25) is 0 Å². The molecule has 0 aliphatic carbocycles. The third-order valence-corrected chi connectivity index (χ3v) is 5.62. The summed E-state index contributed by atoms with van der Waals surface area (Å²) < 4.78 is 56.8. The van der Waals surface area contributed by atoms with Crippen LogP contribution in [-0.4, -0.2) is 25.0 Å². The quantitative estimate of drug-likeness (QED) is 0.337. The van der Waals surface area contributed by atoms with Crippen LogP contribution < -0.4 is 5.32 Å². The molecule has 0 spiro atoms. The van der Waals surface area contributed by atoms with Gasteiger partial charge in [-0.25, -0.2) is 9.37 Å². The SMILES string of the molecule is O=C(Nc1ccn2cc(CO)nc2c1)c1cc2cc(C(F)(F)F)ccc2n1Cc1cccc(F)c1. The van der Waals surface area contributed by atoms with Gasteiger partial charge >= 0.3 is 6.18 Å². The molecule has 2 aromatic carbocycles. The van der Waals surface area contributed by atoms with Crippen LogP contribution >= 0.6 is 0 Å². The van der Waals surface area contributed by atoms with Crippen molar-refractivity contribution in [1.29, 1.82) is 0 Å². The van der Waals surface area contributed by atoms with Crippen molar-refractivity contribution >= 4 is 28.1 Å². The van der Waals surface area contributed by atoms with Crippen LogP contribution in [0, 0.1) is 5.82 Å². The van der Waals surface area contributed by atoms with Gasteiger partial charge in [0, 0.05) is 41.6 Å². The van der Waals surface area contributed by atoms with Crippen molar-refractivity contribution in [2.24, 2.45) is 0 Å². The van der Waals surface area contributed by atoms with Gasteiger partial charge in [0.1, 0.15) is 17.2 Å². The highest BCUT2D eigenvalue weighted by Gasteiger charge is 2.31. The minimum absolute atomic E-state index is 0.0779. The summed E-state index contributed by atoms with van der Waals surface area (Å²) in [6, 6.07) is 13.7. The molecule has 0 fully saturated rings. The van der Waals surface area contributed by atoms with Crippen LogP contribution in [-0.2, 0) is 19.3 Å². The summed E-state index contributed by atoms with van der Waals surface area (Å²) in [6.07, 6.45) is -1.22. The summed E-state index contributed by atoms with van der Waals surface area (Å²) >= 11 is 0. The number of nitrogens with one attached hydrogen (secondary N) is 1. The van der Waals surface area contributed by atoms with Crippen LogP contribution in [0.15, 0.2) is 73.1 Å². The van der Waals surface area contributed by atoms with Crippen LogP contribution in [0.4, 0.5) is 23.2 Å². The number of amides is 1. The van der Waals surface area contributed by atoms with E-state index in [1.165, 1.54) is 30.3 Å². The largest absolute Gasteiger partial charge is 0.416 e. The fraction of sp³-hybridized carbons (Fsp3) is 0.120. The van der Waals surface area contributed by atoms with Crippen molar-refractivity contribution in [2.75, 3.05) is 5.32 Å². The van der Waals surface area contributed by atoms with Crippen LogP contribution in [0.3, 0.4) is 0 Å². The van der Waals surface area contributed by atoms with E-state index in [4.69, 9.17) is 0 Å². The molecule has 0 saturated heterocycles. The number of halogens is 4. The minimum Gasteiger partial charge on any atom is -0.390 e. The first kappa shape index (κ1) is 22.6. The lowest BCUT2D eigenvalue weighted by Gasteiger charge is -2.12. The van der Waals surface area contributed by atoms with E-state index in [0.29, 0.717) is 28.1 Å². The Morgan fingerprint density at radius 2 is 1.89 bits per heavy atom. The maximum Gasteiger partial charge on any atom is 0.416 e. The molecule has 0 atom stereocenters. The van der Waals surface area contributed by atoms with Crippen molar-refractivity contribution in [1.82, 2.24) is 14.0 Å². The van der Waals surface area contributed by atoms with E-state index in [2.05, 4.69) is 10.3 Å². The Hall–Kier alpha value is -4.18. The summed E-state index contributed by atoms with van der Waals surface area (Å²) in [4.78, 5) is 17.5. The lowest BCUT2D eigenvalue weighted by molar-refractivity contribution is -0.137. The number of aromatic nitrogens is 3. The number of carbonyl (C=O) groups is 1. The van der Waals surface area contributed by atoms with Gasteiger partial charge in [-0.05, 0) is 48.0 Å². The Bertz CT molecular complexity index is 1570. The Kier molecular flexibility index (Phi) is 5.52. The first-order chi connectivity index (χ1) is 16.7. The lowest BCUT2D eigenvalue weighted by atomic mass is 10.1. The van der Waals surface area contributed by atoms with Gasteiger partial charge in [-0.1, -0.05) is 12.1 Å². The minimum atomic E-state index is -4.53. The second-order valence-electron chi connectivity index (χ2n) is 8.04. The number of hydrogen-bond acceptors (Lipinski definition) is 3. The Morgan fingerprint density at radius 3 is 2.63 bits per heavy atom. The molecule has 3 aromatic heterocycles. The highest BCUT2D eigenvalue weighted by Crippen LogP contribution is 2.33. The van der Waals surface area contributed by atoms with Gasteiger partial charge in [-0.3, -0.25) is 4.79 Å². The zero-order chi connectivity index (χ0) is 24.7. The zero-order valence-corrected chi connectivity index (χ0v) is 18.1. The van der Waals surface area contributed by atoms with E-state index >= 15 is 0 Å². The molecule has 5 rings (SSSR count). The molecule has 0 aliphatic heterocycles. The number of hydrogen-bond donors (Lipinski definition) is 2. The summed E-state index contributed by atoms with van der Waals surface area (Å²) in [6.45, 7) is -0.155. The predicted molar refractivity (Wildman–Crippen MR) is 122 cm³/mol. The van der Waals surface area contributed by atoms with E-state index in [-0.39, 0.29) is 24.2 Å².